The number of rotatable bonds is 7. The number of nitrogens with zero attached hydrogens (tertiary/aromatic N) is 3. The van der Waals surface area contributed by atoms with Crippen LogP contribution in [0.2, 0.25) is 0 Å². The van der Waals surface area contributed by atoms with E-state index >= 15 is 0 Å². The SMILES string of the molecule is CCc1ccc(-n2c(C(C)N(CCc3ccccc3)C(=O)NC(C)(C)C)nc3ccccc3c2=O)cc1. The van der Waals surface area contributed by atoms with Crippen molar-refractivity contribution in [1.82, 2.24) is 19.8 Å². The standard InChI is InChI=1S/C31H36N4O2/c1-6-23-16-18-25(19-17-23)35-28(32-27-15-11-10-14-26(27)29(35)36)22(2)34(30(37)33-31(3,4)5)21-20-24-12-8-7-9-13-24/h7-19,22H,6,20-21H2,1-5H3,(H,33,37). The molecule has 0 bridgehead atoms. The number of benzene rings is 3. The fourth-order valence-corrected chi connectivity index (χ4v) is 4.46. The van der Waals surface area contributed by atoms with Crippen LogP contribution in [0.5, 0.6) is 0 Å². The van der Waals surface area contributed by atoms with Crippen molar-refractivity contribution >= 4 is 16.9 Å². The quantitative estimate of drug-likeness (QED) is 0.338. The number of carbonyl (C=O) groups excluding carboxylic acids is 1. The number of carbonyl (C=O) groups is 1. The van der Waals surface area contributed by atoms with Crippen LogP contribution in [0.4, 0.5) is 4.79 Å². The molecular weight excluding hydrogens is 460 g/mol. The Morgan fingerprint density at radius 2 is 1.59 bits per heavy atom. The van der Waals surface area contributed by atoms with Crippen LogP contribution in [0.1, 0.15) is 57.6 Å². The zero-order valence-corrected chi connectivity index (χ0v) is 22.4. The topological polar surface area (TPSA) is 67.2 Å². The van der Waals surface area contributed by atoms with Crippen molar-refractivity contribution in [2.45, 2.75) is 59.0 Å². The minimum atomic E-state index is -0.464. The van der Waals surface area contributed by atoms with E-state index < -0.39 is 11.6 Å². The Balaban J connectivity index is 1.83. The monoisotopic (exact) mass is 496 g/mol. The third-order valence-corrected chi connectivity index (χ3v) is 6.47. The first kappa shape index (κ1) is 26.1. The molecule has 192 valence electrons. The van der Waals surface area contributed by atoms with Crippen molar-refractivity contribution in [3.05, 3.63) is 106 Å². The van der Waals surface area contributed by atoms with Crippen LogP contribution in [0.25, 0.3) is 16.6 Å². The summed E-state index contributed by atoms with van der Waals surface area (Å²) in [4.78, 5) is 34.1. The number of aromatic nitrogens is 2. The number of amides is 2. The van der Waals surface area contributed by atoms with E-state index in [1.165, 1.54) is 5.56 Å². The van der Waals surface area contributed by atoms with Gasteiger partial charge in [0.05, 0.1) is 22.6 Å². The van der Waals surface area contributed by atoms with E-state index in [9.17, 15) is 9.59 Å². The molecule has 1 atom stereocenters. The molecule has 3 aromatic carbocycles. The molecule has 37 heavy (non-hydrogen) atoms. The maximum absolute atomic E-state index is 13.8. The first-order valence-electron chi connectivity index (χ1n) is 12.9. The third kappa shape index (κ3) is 6.08. The maximum atomic E-state index is 13.8. The number of fused-ring (bicyclic) bond motifs is 1. The lowest BCUT2D eigenvalue weighted by Gasteiger charge is -2.33. The van der Waals surface area contributed by atoms with Gasteiger partial charge in [0, 0.05) is 12.1 Å². The Labute approximate surface area is 219 Å². The lowest BCUT2D eigenvalue weighted by atomic mass is 10.1. The first-order chi connectivity index (χ1) is 17.7. The fraction of sp³-hybridized carbons (Fsp3) is 0.323. The van der Waals surface area contributed by atoms with Gasteiger partial charge in [-0.25, -0.2) is 9.78 Å². The average Bonchev–Trinajstić information content (AvgIpc) is 2.88. The van der Waals surface area contributed by atoms with Crippen molar-refractivity contribution in [1.29, 1.82) is 0 Å². The van der Waals surface area contributed by atoms with E-state index in [4.69, 9.17) is 4.98 Å². The molecule has 1 unspecified atom stereocenters. The summed E-state index contributed by atoms with van der Waals surface area (Å²) >= 11 is 0. The largest absolute Gasteiger partial charge is 0.333 e. The number of para-hydroxylation sites is 1. The van der Waals surface area contributed by atoms with Crippen LogP contribution in [-0.4, -0.2) is 32.6 Å². The molecule has 0 aliphatic carbocycles. The fourth-order valence-electron chi connectivity index (χ4n) is 4.46. The second-order valence-corrected chi connectivity index (χ2v) is 10.4. The summed E-state index contributed by atoms with van der Waals surface area (Å²) in [6, 6.07) is 24.8. The van der Waals surface area contributed by atoms with E-state index in [1.807, 2.05) is 88.4 Å². The molecule has 6 nitrogen and oxygen atoms in total. The lowest BCUT2D eigenvalue weighted by molar-refractivity contribution is 0.168. The predicted octanol–water partition coefficient (Wildman–Crippen LogP) is 6.06. The first-order valence-corrected chi connectivity index (χ1v) is 12.9. The van der Waals surface area contributed by atoms with Gasteiger partial charge in [0.1, 0.15) is 5.82 Å². The summed E-state index contributed by atoms with van der Waals surface area (Å²) < 4.78 is 1.66. The molecule has 0 saturated carbocycles. The summed E-state index contributed by atoms with van der Waals surface area (Å²) in [7, 11) is 0. The zero-order chi connectivity index (χ0) is 26.6. The van der Waals surface area contributed by atoms with Crippen molar-refractivity contribution < 1.29 is 4.79 Å². The highest BCUT2D eigenvalue weighted by Gasteiger charge is 2.28. The molecule has 1 aromatic heterocycles. The molecule has 2 amide bonds. The Bertz CT molecular complexity index is 1420. The Hall–Kier alpha value is -3.93. The van der Waals surface area contributed by atoms with E-state index in [1.54, 1.807) is 15.5 Å². The zero-order valence-electron chi connectivity index (χ0n) is 22.4. The number of nitrogens with one attached hydrogen (secondary N) is 1. The number of aryl methyl sites for hydroxylation is 1. The van der Waals surface area contributed by atoms with E-state index in [-0.39, 0.29) is 11.6 Å². The van der Waals surface area contributed by atoms with Gasteiger partial charge < -0.3 is 10.2 Å². The van der Waals surface area contributed by atoms with Gasteiger partial charge in [-0.1, -0.05) is 61.5 Å². The van der Waals surface area contributed by atoms with Crippen LogP contribution < -0.4 is 10.9 Å². The summed E-state index contributed by atoms with van der Waals surface area (Å²) in [5, 5.41) is 3.65. The number of hydrogen-bond acceptors (Lipinski definition) is 3. The van der Waals surface area contributed by atoms with Gasteiger partial charge in [0.15, 0.2) is 0 Å². The highest BCUT2D eigenvalue weighted by Crippen LogP contribution is 2.24. The van der Waals surface area contributed by atoms with Crippen molar-refractivity contribution in [2.24, 2.45) is 0 Å². The molecule has 0 aliphatic heterocycles. The molecule has 1 N–H and O–H groups in total. The van der Waals surface area contributed by atoms with Gasteiger partial charge in [0.25, 0.3) is 5.56 Å². The van der Waals surface area contributed by atoms with Gasteiger partial charge >= 0.3 is 6.03 Å². The summed E-state index contributed by atoms with van der Waals surface area (Å²) in [5.41, 5.74) is 3.14. The molecule has 0 aliphatic rings. The minimum Gasteiger partial charge on any atom is -0.333 e. The third-order valence-electron chi connectivity index (χ3n) is 6.47. The molecule has 0 fully saturated rings. The van der Waals surface area contributed by atoms with E-state index in [2.05, 4.69) is 24.4 Å². The summed E-state index contributed by atoms with van der Waals surface area (Å²) in [6.07, 6.45) is 1.60. The predicted molar refractivity (Wildman–Crippen MR) is 150 cm³/mol. The number of hydrogen-bond donors (Lipinski definition) is 1. The molecule has 4 aromatic rings. The highest BCUT2D eigenvalue weighted by molar-refractivity contribution is 5.78. The van der Waals surface area contributed by atoms with Crippen molar-refractivity contribution in [3.8, 4) is 5.69 Å². The Morgan fingerprint density at radius 1 is 0.946 bits per heavy atom. The summed E-state index contributed by atoms with van der Waals surface area (Å²) in [5.74, 6) is 0.532. The van der Waals surface area contributed by atoms with Gasteiger partial charge in [-0.05, 0) is 75.9 Å². The second-order valence-electron chi connectivity index (χ2n) is 10.4. The normalized spacial score (nSPS) is 12.4. The molecule has 4 rings (SSSR count). The van der Waals surface area contributed by atoms with Crippen LogP contribution in [0.3, 0.4) is 0 Å². The molecule has 0 radical (unpaired) electrons. The van der Waals surface area contributed by atoms with Gasteiger partial charge in [-0.2, -0.15) is 0 Å². The Kier molecular flexibility index (Phi) is 7.77. The van der Waals surface area contributed by atoms with Crippen LogP contribution >= 0.6 is 0 Å². The van der Waals surface area contributed by atoms with Gasteiger partial charge in [-0.3, -0.25) is 9.36 Å². The van der Waals surface area contributed by atoms with Crippen molar-refractivity contribution in [2.75, 3.05) is 6.54 Å². The molecular formula is C31H36N4O2. The maximum Gasteiger partial charge on any atom is 0.318 e. The second kappa shape index (κ2) is 11.0. The van der Waals surface area contributed by atoms with Gasteiger partial charge in [0.2, 0.25) is 0 Å². The smallest absolute Gasteiger partial charge is 0.318 e. The molecule has 1 heterocycles. The van der Waals surface area contributed by atoms with Gasteiger partial charge in [-0.15, -0.1) is 0 Å². The van der Waals surface area contributed by atoms with Crippen LogP contribution in [-0.2, 0) is 12.8 Å². The molecule has 6 heteroatoms. The minimum absolute atomic E-state index is 0.143. The van der Waals surface area contributed by atoms with E-state index in [0.717, 1.165) is 17.7 Å². The summed E-state index contributed by atoms with van der Waals surface area (Å²) in [6.45, 7) is 10.4. The Morgan fingerprint density at radius 3 is 2.24 bits per heavy atom. The van der Waals surface area contributed by atoms with Crippen molar-refractivity contribution in [3.63, 3.8) is 0 Å². The van der Waals surface area contributed by atoms with Crippen LogP contribution in [0, 0.1) is 0 Å². The van der Waals surface area contributed by atoms with Crippen LogP contribution in [0.15, 0.2) is 83.7 Å². The lowest BCUT2D eigenvalue weighted by Crippen LogP contribution is -2.50. The number of urea groups is 1. The highest BCUT2D eigenvalue weighted by atomic mass is 16.2. The average molecular weight is 497 g/mol. The molecule has 0 spiro atoms. The van der Waals surface area contributed by atoms with E-state index in [0.29, 0.717) is 29.7 Å². The molecule has 0 saturated heterocycles.